The molecule has 178 valence electrons. The number of benzene rings is 3. The largest absolute Gasteiger partial charge is 0.482 e. The van der Waals surface area contributed by atoms with E-state index in [2.05, 4.69) is 24.4 Å². The van der Waals surface area contributed by atoms with E-state index in [0.717, 1.165) is 17.4 Å². The molecule has 0 aliphatic carbocycles. The molecule has 0 spiro atoms. The van der Waals surface area contributed by atoms with E-state index in [4.69, 9.17) is 9.47 Å². The van der Waals surface area contributed by atoms with E-state index < -0.39 is 17.2 Å². The van der Waals surface area contributed by atoms with Crippen LogP contribution in [0.2, 0.25) is 0 Å². The first-order chi connectivity index (χ1) is 16.5. The molecule has 34 heavy (non-hydrogen) atoms. The number of carbonyl (C=O) groups excluding carboxylic acids is 1. The highest BCUT2D eigenvalue weighted by Crippen LogP contribution is 2.38. The van der Waals surface area contributed by atoms with Crippen molar-refractivity contribution >= 4 is 23.4 Å². The molecule has 7 heteroatoms. The van der Waals surface area contributed by atoms with Gasteiger partial charge in [0.2, 0.25) is 5.91 Å². The van der Waals surface area contributed by atoms with Gasteiger partial charge in [0.05, 0.1) is 19.6 Å². The molecule has 0 radical (unpaired) electrons. The fraction of sp³-hybridized carbons (Fsp3) is 0.296. The van der Waals surface area contributed by atoms with Crippen LogP contribution < -0.4 is 10.1 Å². The average molecular weight is 485 g/mol. The summed E-state index contributed by atoms with van der Waals surface area (Å²) in [6.07, 6.45) is 1.33. The number of halogens is 2. The number of rotatable bonds is 8. The third-order valence-corrected chi connectivity index (χ3v) is 6.82. The molecule has 0 aromatic heterocycles. The number of nitrogens with one attached hydrogen (secondary N) is 1. The Kier molecular flexibility index (Phi) is 7.85. The minimum atomic E-state index is -0.899. The van der Waals surface area contributed by atoms with Crippen molar-refractivity contribution in [2.45, 2.75) is 36.7 Å². The molecular weight excluding hydrogens is 456 g/mol. The molecule has 0 saturated carbocycles. The fourth-order valence-corrected chi connectivity index (χ4v) is 4.78. The van der Waals surface area contributed by atoms with Gasteiger partial charge in [0, 0.05) is 30.3 Å². The lowest BCUT2D eigenvalue weighted by atomic mass is 9.86. The van der Waals surface area contributed by atoms with Gasteiger partial charge >= 0.3 is 0 Å². The Bertz CT molecular complexity index is 1110. The molecule has 3 aromatic rings. The Labute approximate surface area is 202 Å². The Balaban J connectivity index is 1.41. The zero-order chi connectivity index (χ0) is 24.0. The summed E-state index contributed by atoms with van der Waals surface area (Å²) >= 11 is 1.28. The van der Waals surface area contributed by atoms with Gasteiger partial charge in [-0.05, 0) is 66.6 Å². The van der Waals surface area contributed by atoms with Gasteiger partial charge < -0.3 is 14.8 Å². The Morgan fingerprint density at radius 3 is 2.35 bits per heavy atom. The zero-order valence-electron chi connectivity index (χ0n) is 19.0. The van der Waals surface area contributed by atoms with Crippen LogP contribution in [-0.2, 0) is 33.3 Å². The van der Waals surface area contributed by atoms with E-state index in [1.807, 2.05) is 12.1 Å². The van der Waals surface area contributed by atoms with Gasteiger partial charge in [-0.25, -0.2) is 8.78 Å². The quantitative estimate of drug-likeness (QED) is 0.343. The van der Waals surface area contributed by atoms with Crippen LogP contribution in [0.4, 0.5) is 14.5 Å². The SMILES string of the molecule is CC[SH+]c1ccc(CC(=O)Nc2ccc(OC3(c4ccc(F)c(F)c4)CCOCC3)cc2)cc1. The Morgan fingerprint density at radius 2 is 1.71 bits per heavy atom. The lowest BCUT2D eigenvalue weighted by Gasteiger charge is -2.38. The Hall–Kier alpha value is -2.90. The number of thiol groups is 1. The topological polar surface area (TPSA) is 47.6 Å². The van der Waals surface area contributed by atoms with Crippen molar-refractivity contribution in [3.63, 3.8) is 0 Å². The van der Waals surface area contributed by atoms with Crippen LogP contribution in [0.5, 0.6) is 5.75 Å². The number of amides is 1. The molecule has 4 nitrogen and oxygen atoms in total. The summed E-state index contributed by atoms with van der Waals surface area (Å²) in [6, 6.07) is 19.1. The maximum absolute atomic E-state index is 13.9. The van der Waals surface area contributed by atoms with Crippen molar-refractivity contribution in [1.82, 2.24) is 0 Å². The van der Waals surface area contributed by atoms with Crippen molar-refractivity contribution in [3.8, 4) is 5.75 Å². The first-order valence-corrected chi connectivity index (χ1v) is 12.4. The van der Waals surface area contributed by atoms with Gasteiger partial charge in [-0.2, -0.15) is 0 Å². The fourth-order valence-electron chi connectivity index (χ4n) is 4.05. The normalized spacial score (nSPS) is 15.0. The van der Waals surface area contributed by atoms with Crippen molar-refractivity contribution < 1.29 is 23.0 Å². The molecule has 4 rings (SSSR count). The zero-order valence-corrected chi connectivity index (χ0v) is 19.9. The molecule has 3 aromatic carbocycles. The number of hydrogen-bond donors (Lipinski definition) is 1. The molecule has 1 amide bonds. The highest BCUT2D eigenvalue weighted by atomic mass is 32.2. The number of anilines is 1. The number of ether oxygens (including phenoxy) is 2. The maximum Gasteiger partial charge on any atom is 0.228 e. The molecule has 1 aliphatic rings. The molecule has 1 N–H and O–H groups in total. The summed E-state index contributed by atoms with van der Waals surface area (Å²) in [5.74, 6) is -0.241. The maximum atomic E-state index is 13.9. The summed E-state index contributed by atoms with van der Waals surface area (Å²) in [6.45, 7) is 3.06. The van der Waals surface area contributed by atoms with Crippen LogP contribution in [0.25, 0.3) is 0 Å². The first-order valence-electron chi connectivity index (χ1n) is 11.4. The predicted octanol–water partition coefficient (Wildman–Crippen LogP) is 5.42. The van der Waals surface area contributed by atoms with Gasteiger partial charge in [0.1, 0.15) is 17.1 Å². The summed E-state index contributed by atoms with van der Waals surface area (Å²) in [7, 11) is 0. The van der Waals surface area contributed by atoms with Crippen molar-refractivity contribution in [2.75, 3.05) is 24.3 Å². The lowest BCUT2D eigenvalue weighted by molar-refractivity contribution is -0.115. The van der Waals surface area contributed by atoms with E-state index >= 15 is 0 Å². The molecule has 1 aliphatic heterocycles. The van der Waals surface area contributed by atoms with Gasteiger partial charge in [0.25, 0.3) is 0 Å². The summed E-state index contributed by atoms with van der Waals surface area (Å²) in [5.41, 5.74) is 1.39. The average Bonchev–Trinajstić information content (AvgIpc) is 2.84. The summed E-state index contributed by atoms with van der Waals surface area (Å²) in [5, 5.41) is 2.91. The first kappa shape index (κ1) is 24.2. The second-order valence-corrected chi connectivity index (χ2v) is 9.69. The van der Waals surface area contributed by atoms with Crippen molar-refractivity contribution in [2.24, 2.45) is 0 Å². The minimum absolute atomic E-state index is 0.0999. The van der Waals surface area contributed by atoms with Gasteiger partial charge in [0.15, 0.2) is 16.5 Å². The van der Waals surface area contributed by atoms with Crippen LogP contribution >= 0.6 is 0 Å². The van der Waals surface area contributed by atoms with E-state index in [1.54, 1.807) is 30.3 Å². The third kappa shape index (κ3) is 5.96. The Morgan fingerprint density at radius 1 is 1.00 bits per heavy atom. The van der Waals surface area contributed by atoms with Crippen LogP contribution in [-0.4, -0.2) is 24.9 Å². The van der Waals surface area contributed by atoms with Crippen LogP contribution in [0, 0.1) is 11.6 Å². The monoisotopic (exact) mass is 484 g/mol. The molecule has 0 atom stereocenters. The smallest absolute Gasteiger partial charge is 0.228 e. The molecule has 0 unspecified atom stereocenters. The van der Waals surface area contributed by atoms with Crippen LogP contribution in [0.3, 0.4) is 0 Å². The second kappa shape index (κ2) is 11.0. The predicted molar refractivity (Wildman–Crippen MR) is 132 cm³/mol. The molecule has 0 bridgehead atoms. The van der Waals surface area contributed by atoms with Gasteiger partial charge in [-0.3, -0.25) is 4.79 Å². The summed E-state index contributed by atoms with van der Waals surface area (Å²) < 4.78 is 39.2. The molecular formula is C27H28F2NO3S+. The highest BCUT2D eigenvalue weighted by molar-refractivity contribution is 7.78. The van der Waals surface area contributed by atoms with Crippen molar-refractivity contribution in [3.05, 3.63) is 89.5 Å². The van der Waals surface area contributed by atoms with Gasteiger partial charge in [-0.15, -0.1) is 0 Å². The number of carbonyl (C=O) groups is 1. The van der Waals surface area contributed by atoms with E-state index in [9.17, 15) is 13.6 Å². The van der Waals surface area contributed by atoms with Crippen LogP contribution in [0.15, 0.2) is 71.6 Å². The standard InChI is InChI=1S/C27H27F2NO3S/c1-2-34-23-10-3-19(4-11-23)17-26(31)30-21-6-8-22(9-7-21)33-27(13-15-32-16-14-27)20-5-12-24(28)25(29)18-20/h3-12,18H,2,13-17H2,1H3,(H,30,31)/p+1. The van der Waals surface area contributed by atoms with Crippen molar-refractivity contribution in [1.29, 1.82) is 0 Å². The molecule has 1 fully saturated rings. The number of hydrogen-bond acceptors (Lipinski definition) is 3. The van der Waals surface area contributed by atoms with Gasteiger partial charge in [-0.1, -0.05) is 18.2 Å². The summed E-state index contributed by atoms with van der Waals surface area (Å²) in [4.78, 5) is 13.7. The molecule has 1 heterocycles. The third-order valence-electron chi connectivity index (χ3n) is 5.84. The highest BCUT2D eigenvalue weighted by Gasteiger charge is 2.37. The molecule has 1 saturated heterocycles. The lowest BCUT2D eigenvalue weighted by Crippen LogP contribution is -2.39. The minimum Gasteiger partial charge on any atom is -0.482 e. The van der Waals surface area contributed by atoms with E-state index in [-0.39, 0.29) is 5.91 Å². The van der Waals surface area contributed by atoms with E-state index in [1.165, 1.54) is 22.7 Å². The van der Waals surface area contributed by atoms with Crippen LogP contribution in [0.1, 0.15) is 30.9 Å². The second-order valence-electron chi connectivity index (χ2n) is 8.23. The van der Waals surface area contributed by atoms with E-state index in [0.29, 0.717) is 49.5 Å².